The van der Waals surface area contributed by atoms with Crippen molar-refractivity contribution in [2.75, 3.05) is 0 Å². The topological polar surface area (TPSA) is 68.1 Å². The zero-order valence-corrected chi connectivity index (χ0v) is 19.7. The summed E-state index contributed by atoms with van der Waals surface area (Å²) >= 11 is 0. The molecular weight excluding hydrogens is 424 g/mol. The number of ketones is 1. The van der Waals surface area contributed by atoms with E-state index in [0.29, 0.717) is 18.5 Å². The number of hydrogen-bond donors (Lipinski definition) is 0. The third-order valence-corrected chi connectivity index (χ3v) is 7.94. The maximum Gasteiger partial charge on any atom is 0.255 e. The molecule has 1 amide bonds. The molecule has 3 heterocycles. The van der Waals surface area contributed by atoms with E-state index in [-0.39, 0.29) is 11.7 Å². The lowest BCUT2D eigenvalue weighted by atomic mass is 9.98. The van der Waals surface area contributed by atoms with Gasteiger partial charge in [-0.25, -0.2) is 0 Å². The van der Waals surface area contributed by atoms with Crippen LogP contribution in [-0.2, 0) is 17.9 Å². The maximum absolute atomic E-state index is 13.4. The number of carbonyl (C=O) groups is 2. The second-order valence-corrected chi connectivity index (χ2v) is 10.1. The van der Waals surface area contributed by atoms with Gasteiger partial charge < -0.3 is 4.90 Å². The highest BCUT2D eigenvalue weighted by molar-refractivity contribution is 6.05. The Kier molecular flexibility index (Phi) is 5.12. The molecule has 0 unspecified atom stereocenters. The second-order valence-electron chi connectivity index (χ2n) is 10.1. The summed E-state index contributed by atoms with van der Waals surface area (Å²) in [7, 11) is 0. The fourth-order valence-corrected chi connectivity index (χ4v) is 5.87. The molecule has 174 valence electrons. The van der Waals surface area contributed by atoms with E-state index in [1.165, 1.54) is 25.7 Å². The quantitative estimate of drug-likeness (QED) is 0.488. The largest absolute Gasteiger partial charge is 0.322 e. The third-order valence-electron chi connectivity index (χ3n) is 7.94. The Hall–Kier alpha value is -3.28. The monoisotopic (exact) mass is 454 g/mol. The van der Waals surface area contributed by atoms with Gasteiger partial charge in [0, 0.05) is 54.2 Å². The summed E-state index contributed by atoms with van der Waals surface area (Å²) < 4.78 is 2.06. The normalized spacial score (nSPS) is 19.0. The summed E-state index contributed by atoms with van der Waals surface area (Å²) in [5.74, 6) is 0.870. The fourth-order valence-electron chi connectivity index (χ4n) is 5.87. The molecule has 3 aromatic rings. The molecule has 0 atom stereocenters. The molecule has 3 aliphatic rings. The number of fused-ring (bicyclic) bond motifs is 1. The van der Waals surface area contributed by atoms with Crippen molar-refractivity contribution in [2.24, 2.45) is 5.92 Å². The SMILES string of the molecule is CCC(=O)C1(N2Cc3ccc(-c4ncccc4-c4cnn(CC5CCCC5)c4)cc3C2=O)CC1. The molecule has 0 saturated heterocycles. The van der Waals surface area contributed by atoms with E-state index in [0.717, 1.165) is 53.3 Å². The summed E-state index contributed by atoms with van der Waals surface area (Å²) in [6.45, 7) is 3.37. The van der Waals surface area contributed by atoms with E-state index in [1.54, 1.807) is 11.1 Å². The van der Waals surface area contributed by atoms with Crippen LogP contribution in [0.1, 0.15) is 67.8 Å². The van der Waals surface area contributed by atoms with Gasteiger partial charge in [-0.2, -0.15) is 5.10 Å². The molecule has 2 aliphatic carbocycles. The molecule has 0 spiro atoms. The smallest absolute Gasteiger partial charge is 0.255 e. The van der Waals surface area contributed by atoms with Crippen molar-refractivity contribution < 1.29 is 9.59 Å². The second kappa shape index (κ2) is 8.19. The Balaban J connectivity index is 1.30. The lowest BCUT2D eigenvalue weighted by molar-refractivity contribution is -0.124. The minimum atomic E-state index is -0.574. The van der Waals surface area contributed by atoms with Crippen LogP contribution in [0.3, 0.4) is 0 Å². The van der Waals surface area contributed by atoms with Crippen LogP contribution in [-0.4, -0.2) is 36.9 Å². The first kappa shape index (κ1) is 21.3. The van der Waals surface area contributed by atoms with Crippen LogP contribution in [0.15, 0.2) is 48.9 Å². The predicted octanol–water partition coefficient (Wildman–Crippen LogP) is 5.27. The van der Waals surface area contributed by atoms with Gasteiger partial charge in [-0.3, -0.25) is 19.3 Å². The highest BCUT2D eigenvalue weighted by Gasteiger charge is 2.56. The molecule has 0 radical (unpaired) electrons. The van der Waals surface area contributed by atoms with E-state index in [4.69, 9.17) is 4.98 Å². The van der Waals surface area contributed by atoms with Crippen LogP contribution in [0, 0.1) is 5.92 Å². The number of nitrogens with zero attached hydrogens (tertiary/aromatic N) is 4. The lowest BCUT2D eigenvalue weighted by Crippen LogP contribution is -2.43. The summed E-state index contributed by atoms with van der Waals surface area (Å²) in [5, 5.41) is 4.63. The summed E-state index contributed by atoms with van der Waals surface area (Å²) in [4.78, 5) is 32.4. The van der Waals surface area contributed by atoms with Crippen LogP contribution in [0.2, 0.25) is 0 Å². The van der Waals surface area contributed by atoms with Crippen LogP contribution in [0.5, 0.6) is 0 Å². The Morgan fingerprint density at radius 2 is 1.94 bits per heavy atom. The van der Waals surface area contributed by atoms with Crippen molar-refractivity contribution in [1.29, 1.82) is 0 Å². The standard InChI is InChI=1S/C28H30N4O2/c1-2-25(33)28(11-12-28)32-18-21-10-9-20(14-24(21)27(32)34)26-23(8-5-13-29-26)22-15-30-31(17-22)16-19-6-3-4-7-19/h5,8-10,13-15,17,19H,2-4,6-7,11-12,16,18H2,1H3. The number of hydrogen-bond acceptors (Lipinski definition) is 4. The summed E-state index contributed by atoms with van der Waals surface area (Å²) in [5.41, 5.74) is 4.94. The zero-order valence-electron chi connectivity index (χ0n) is 19.7. The van der Waals surface area contributed by atoms with E-state index in [2.05, 4.69) is 22.0 Å². The van der Waals surface area contributed by atoms with E-state index in [1.807, 2.05) is 37.4 Å². The number of Topliss-reactive ketones (excluding diaryl/α,β-unsaturated/α-hetero) is 1. The zero-order chi connectivity index (χ0) is 23.3. The van der Waals surface area contributed by atoms with Crippen molar-refractivity contribution in [3.05, 3.63) is 60.0 Å². The molecule has 0 bridgehead atoms. The summed E-state index contributed by atoms with van der Waals surface area (Å²) in [6.07, 6.45) is 13.1. The molecule has 34 heavy (non-hydrogen) atoms. The number of amides is 1. The van der Waals surface area contributed by atoms with E-state index < -0.39 is 5.54 Å². The minimum Gasteiger partial charge on any atom is -0.322 e. The molecule has 2 fully saturated rings. The fraction of sp³-hybridized carbons (Fsp3) is 0.429. The van der Waals surface area contributed by atoms with Gasteiger partial charge in [0.25, 0.3) is 5.91 Å². The van der Waals surface area contributed by atoms with Crippen molar-refractivity contribution in [3.63, 3.8) is 0 Å². The Labute approximate surface area is 200 Å². The minimum absolute atomic E-state index is 0.0296. The summed E-state index contributed by atoms with van der Waals surface area (Å²) in [6, 6.07) is 10.0. The van der Waals surface area contributed by atoms with Crippen molar-refractivity contribution >= 4 is 11.7 Å². The lowest BCUT2D eigenvalue weighted by Gasteiger charge is -2.26. The molecule has 2 aromatic heterocycles. The van der Waals surface area contributed by atoms with Gasteiger partial charge in [0.2, 0.25) is 0 Å². The molecular formula is C28H30N4O2. The number of pyridine rings is 1. The molecule has 0 N–H and O–H groups in total. The van der Waals surface area contributed by atoms with Gasteiger partial charge in [0.05, 0.1) is 11.9 Å². The highest BCUT2D eigenvalue weighted by Crippen LogP contribution is 2.47. The molecule has 6 nitrogen and oxygen atoms in total. The van der Waals surface area contributed by atoms with Crippen LogP contribution >= 0.6 is 0 Å². The first-order chi connectivity index (χ1) is 16.6. The first-order valence-corrected chi connectivity index (χ1v) is 12.6. The van der Waals surface area contributed by atoms with Gasteiger partial charge >= 0.3 is 0 Å². The molecule has 1 aliphatic heterocycles. The van der Waals surface area contributed by atoms with Crippen molar-refractivity contribution in [2.45, 2.75) is 70.5 Å². The van der Waals surface area contributed by atoms with Gasteiger partial charge in [0.1, 0.15) is 5.54 Å². The predicted molar refractivity (Wildman–Crippen MR) is 130 cm³/mol. The Bertz CT molecular complexity index is 1270. The van der Waals surface area contributed by atoms with Crippen LogP contribution in [0.4, 0.5) is 0 Å². The number of aromatic nitrogens is 3. The Morgan fingerprint density at radius 3 is 2.71 bits per heavy atom. The number of rotatable bonds is 7. The molecule has 6 heteroatoms. The number of carbonyl (C=O) groups excluding carboxylic acids is 2. The van der Waals surface area contributed by atoms with Crippen LogP contribution in [0.25, 0.3) is 22.4 Å². The van der Waals surface area contributed by atoms with Crippen LogP contribution < -0.4 is 0 Å². The highest BCUT2D eigenvalue weighted by atomic mass is 16.2. The van der Waals surface area contributed by atoms with Gasteiger partial charge in [-0.05, 0) is 49.3 Å². The number of benzene rings is 1. The van der Waals surface area contributed by atoms with Gasteiger partial charge in [-0.15, -0.1) is 0 Å². The average Bonchev–Trinajstić information content (AvgIpc) is 3.17. The van der Waals surface area contributed by atoms with Crippen molar-refractivity contribution in [1.82, 2.24) is 19.7 Å². The third kappa shape index (κ3) is 3.47. The molecule has 2 saturated carbocycles. The van der Waals surface area contributed by atoms with E-state index in [9.17, 15) is 9.59 Å². The van der Waals surface area contributed by atoms with Gasteiger partial charge in [0.15, 0.2) is 5.78 Å². The molecule has 6 rings (SSSR count). The van der Waals surface area contributed by atoms with E-state index >= 15 is 0 Å². The van der Waals surface area contributed by atoms with Crippen molar-refractivity contribution in [3.8, 4) is 22.4 Å². The molecule has 1 aromatic carbocycles. The van der Waals surface area contributed by atoms with Gasteiger partial charge in [-0.1, -0.05) is 38.0 Å². The maximum atomic E-state index is 13.4. The first-order valence-electron chi connectivity index (χ1n) is 12.6. The Morgan fingerprint density at radius 1 is 1.12 bits per heavy atom. The average molecular weight is 455 g/mol.